The van der Waals surface area contributed by atoms with Gasteiger partial charge in [-0.1, -0.05) is 11.3 Å². The van der Waals surface area contributed by atoms with Gasteiger partial charge in [0.1, 0.15) is 5.82 Å². The van der Waals surface area contributed by atoms with E-state index >= 15 is 0 Å². The zero-order chi connectivity index (χ0) is 12.8. The van der Waals surface area contributed by atoms with Gasteiger partial charge in [-0.25, -0.2) is 4.98 Å². The van der Waals surface area contributed by atoms with Crippen LogP contribution in [0.2, 0.25) is 0 Å². The van der Waals surface area contributed by atoms with Gasteiger partial charge < -0.3 is 10.3 Å². The molecule has 0 spiro atoms. The maximum atomic E-state index is 5.74. The van der Waals surface area contributed by atoms with Crippen molar-refractivity contribution in [3.63, 3.8) is 0 Å². The average Bonchev–Trinajstić information content (AvgIpc) is 2.99. The van der Waals surface area contributed by atoms with Crippen LogP contribution >= 0.6 is 11.3 Å². The van der Waals surface area contributed by atoms with Gasteiger partial charge in [0.05, 0.1) is 10.2 Å². The van der Waals surface area contributed by atoms with Crippen LogP contribution in [-0.4, -0.2) is 19.7 Å². The van der Waals surface area contributed by atoms with Gasteiger partial charge >= 0.3 is 0 Å². The molecule has 0 fully saturated rings. The molecule has 2 N–H and O–H groups in total. The summed E-state index contributed by atoms with van der Waals surface area (Å²) in [6.07, 6.45) is 3.44. The van der Waals surface area contributed by atoms with Gasteiger partial charge in [0.2, 0.25) is 0 Å². The third kappa shape index (κ3) is 1.71. The van der Waals surface area contributed by atoms with Gasteiger partial charge in [-0.15, -0.1) is 10.2 Å². The molecule has 0 bridgehead atoms. The zero-order valence-corrected chi connectivity index (χ0v) is 11.2. The number of thiazole rings is 1. The molecule has 2 aromatic heterocycles. The molecule has 6 heteroatoms. The van der Waals surface area contributed by atoms with E-state index in [2.05, 4.69) is 25.8 Å². The fourth-order valence-corrected chi connectivity index (χ4v) is 3.38. The molecule has 1 aliphatic heterocycles. The largest absolute Gasteiger partial charge is 0.375 e. The molecule has 1 aliphatic rings. The first-order valence-electron chi connectivity index (χ1n) is 6.40. The maximum Gasteiger partial charge on any atom is 0.181 e. The topological polar surface area (TPSA) is 69.6 Å². The highest BCUT2D eigenvalue weighted by Gasteiger charge is 2.17. The summed E-state index contributed by atoms with van der Waals surface area (Å²) < 4.78 is 3.33. The number of aromatic nitrogens is 4. The third-order valence-electron chi connectivity index (χ3n) is 3.52. The number of anilines is 1. The van der Waals surface area contributed by atoms with Crippen molar-refractivity contribution in [1.29, 1.82) is 0 Å². The van der Waals surface area contributed by atoms with Crippen LogP contribution in [0.15, 0.2) is 18.2 Å². The van der Waals surface area contributed by atoms with E-state index in [0.29, 0.717) is 5.13 Å². The predicted molar refractivity (Wildman–Crippen MR) is 76.0 cm³/mol. The van der Waals surface area contributed by atoms with Crippen LogP contribution in [0.5, 0.6) is 0 Å². The highest BCUT2D eigenvalue weighted by Crippen LogP contribution is 2.29. The SMILES string of the molecule is Nc1nc2ccc(-c3nnc4n3CCCC4)cc2s1. The Balaban J connectivity index is 1.87. The normalized spacial score (nSPS) is 14.7. The molecule has 0 saturated carbocycles. The second-order valence-corrected chi connectivity index (χ2v) is 5.85. The molecule has 1 aromatic carbocycles. The maximum absolute atomic E-state index is 5.74. The summed E-state index contributed by atoms with van der Waals surface area (Å²) in [5.41, 5.74) is 7.79. The molecule has 5 nitrogen and oxygen atoms in total. The van der Waals surface area contributed by atoms with Crippen LogP contribution in [0.25, 0.3) is 21.6 Å². The van der Waals surface area contributed by atoms with Crippen molar-refractivity contribution in [2.24, 2.45) is 0 Å². The van der Waals surface area contributed by atoms with Gasteiger partial charge in [-0.05, 0) is 31.0 Å². The summed E-state index contributed by atoms with van der Waals surface area (Å²) in [5, 5.41) is 9.25. The molecule has 0 radical (unpaired) electrons. The number of aryl methyl sites for hydroxylation is 1. The minimum absolute atomic E-state index is 0.607. The lowest BCUT2D eigenvalue weighted by Crippen LogP contribution is -2.11. The van der Waals surface area contributed by atoms with Gasteiger partial charge in [-0.2, -0.15) is 0 Å². The zero-order valence-electron chi connectivity index (χ0n) is 10.3. The molecular formula is C13H13N5S. The lowest BCUT2D eigenvalue weighted by Gasteiger charge is -2.14. The fraction of sp³-hybridized carbons (Fsp3) is 0.308. The second kappa shape index (κ2) is 4.03. The lowest BCUT2D eigenvalue weighted by molar-refractivity contribution is 0.526. The number of nitrogens with zero attached hydrogens (tertiary/aromatic N) is 4. The molecule has 4 rings (SSSR count). The van der Waals surface area contributed by atoms with Crippen molar-refractivity contribution in [2.45, 2.75) is 25.8 Å². The fourth-order valence-electron chi connectivity index (χ4n) is 2.60. The summed E-state index contributed by atoms with van der Waals surface area (Å²) in [7, 11) is 0. The lowest BCUT2D eigenvalue weighted by atomic mass is 10.1. The standard InChI is InChI=1S/C13H13N5S/c14-13-15-9-5-4-8(7-10(9)19-13)12-17-16-11-3-1-2-6-18(11)12/h4-5,7H,1-3,6H2,(H2,14,15). The number of benzene rings is 1. The summed E-state index contributed by atoms with van der Waals surface area (Å²) in [5.74, 6) is 2.06. The van der Waals surface area contributed by atoms with Crippen LogP contribution in [0.4, 0.5) is 5.13 Å². The Morgan fingerprint density at radius 1 is 1.21 bits per heavy atom. The van der Waals surface area contributed by atoms with E-state index in [0.717, 1.165) is 40.4 Å². The average molecular weight is 271 g/mol. The number of nitrogen functional groups attached to an aromatic ring is 1. The molecule has 3 heterocycles. The van der Waals surface area contributed by atoms with E-state index in [1.165, 1.54) is 24.2 Å². The van der Waals surface area contributed by atoms with Crippen LogP contribution in [0.3, 0.4) is 0 Å². The Kier molecular flexibility index (Phi) is 2.32. The predicted octanol–water partition coefficient (Wildman–Crippen LogP) is 2.47. The van der Waals surface area contributed by atoms with Crippen LogP contribution in [0, 0.1) is 0 Å². The van der Waals surface area contributed by atoms with Gasteiger partial charge in [0.15, 0.2) is 11.0 Å². The monoisotopic (exact) mass is 271 g/mol. The Bertz CT molecular complexity index is 758. The molecule has 0 aliphatic carbocycles. The summed E-state index contributed by atoms with van der Waals surface area (Å²) in [6, 6.07) is 6.16. The third-order valence-corrected chi connectivity index (χ3v) is 4.37. The van der Waals surface area contributed by atoms with Crippen molar-refractivity contribution < 1.29 is 0 Å². The minimum atomic E-state index is 0.607. The van der Waals surface area contributed by atoms with E-state index < -0.39 is 0 Å². The van der Waals surface area contributed by atoms with E-state index in [-0.39, 0.29) is 0 Å². The quantitative estimate of drug-likeness (QED) is 0.738. The Morgan fingerprint density at radius 3 is 3.11 bits per heavy atom. The van der Waals surface area contributed by atoms with Crippen molar-refractivity contribution in [1.82, 2.24) is 19.7 Å². The molecule has 0 atom stereocenters. The van der Waals surface area contributed by atoms with Crippen molar-refractivity contribution >= 4 is 26.7 Å². The Labute approximate surface area is 114 Å². The van der Waals surface area contributed by atoms with Crippen molar-refractivity contribution in [3.8, 4) is 11.4 Å². The highest BCUT2D eigenvalue weighted by atomic mass is 32.1. The number of hydrogen-bond donors (Lipinski definition) is 1. The molecule has 0 amide bonds. The summed E-state index contributed by atoms with van der Waals surface area (Å²) >= 11 is 1.51. The van der Waals surface area contributed by atoms with Gasteiger partial charge in [-0.3, -0.25) is 0 Å². The molecule has 19 heavy (non-hydrogen) atoms. The number of rotatable bonds is 1. The van der Waals surface area contributed by atoms with Gasteiger partial charge in [0, 0.05) is 18.5 Å². The first-order chi connectivity index (χ1) is 9.31. The summed E-state index contributed by atoms with van der Waals surface area (Å²) in [6.45, 7) is 1.01. The van der Waals surface area contributed by atoms with E-state index in [9.17, 15) is 0 Å². The smallest absolute Gasteiger partial charge is 0.181 e. The van der Waals surface area contributed by atoms with Crippen LogP contribution in [0.1, 0.15) is 18.7 Å². The summed E-state index contributed by atoms with van der Waals surface area (Å²) in [4.78, 5) is 4.28. The molecule has 3 aromatic rings. The second-order valence-electron chi connectivity index (χ2n) is 4.78. The Morgan fingerprint density at radius 2 is 2.16 bits per heavy atom. The number of nitrogens with two attached hydrogens (primary N) is 1. The van der Waals surface area contributed by atoms with Crippen LogP contribution in [-0.2, 0) is 13.0 Å². The Hall–Kier alpha value is -1.95. The van der Waals surface area contributed by atoms with Crippen molar-refractivity contribution in [3.05, 3.63) is 24.0 Å². The highest BCUT2D eigenvalue weighted by molar-refractivity contribution is 7.22. The number of fused-ring (bicyclic) bond motifs is 2. The number of hydrogen-bond acceptors (Lipinski definition) is 5. The molecular weight excluding hydrogens is 258 g/mol. The van der Waals surface area contributed by atoms with Crippen molar-refractivity contribution in [2.75, 3.05) is 5.73 Å². The first kappa shape index (κ1) is 10.9. The van der Waals surface area contributed by atoms with Gasteiger partial charge in [0.25, 0.3) is 0 Å². The molecule has 0 saturated heterocycles. The van der Waals surface area contributed by atoms with Crippen LogP contribution < -0.4 is 5.73 Å². The van der Waals surface area contributed by atoms with E-state index in [4.69, 9.17) is 5.73 Å². The van der Waals surface area contributed by atoms with E-state index in [1.54, 1.807) is 0 Å². The molecule has 96 valence electrons. The first-order valence-corrected chi connectivity index (χ1v) is 7.21. The molecule has 0 unspecified atom stereocenters. The minimum Gasteiger partial charge on any atom is -0.375 e. The van der Waals surface area contributed by atoms with E-state index in [1.807, 2.05) is 12.1 Å².